The number of amides is 1. The molecular weight excluding hydrogens is 264 g/mol. The Morgan fingerprint density at radius 2 is 2.00 bits per heavy atom. The second kappa shape index (κ2) is 4.85. The molecule has 1 amide bonds. The van der Waals surface area contributed by atoms with Gasteiger partial charge in [0.2, 0.25) is 0 Å². The topological polar surface area (TPSA) is 75.3 Å². The van der Waals surface area contributed by atoms with Crippen LogP contribution >= 0.6 is 0 Å². The van der Waals surface area contributed by atoms with Crippen LogP contribution in [0.2, 0.25) is 0 Å². The van der Waals surface area contributed by atoms with Crippen LogP contribution in [-0.2, 0) is 9.84 Å². The molecule has 0 aliphatic carbocycles. The van der Waals surface area contributed by atoms with Gasteiger partial charge in [-0.1, -0.05) is 12.1 Å². The molecule has 2 rings (SSSR count). The first-order chi connectivity index (χ1) is 8.85. The van der Waals surface area contributed by atoms with E-state index in [4.69, 9.17) is 0 Å². The third-order valence-electron chi connectivity index (χ3n) is 3.36. The molecule has 5 nitrogen and oxygen atoms in total. The van der Waals surface area contributed by atoms with Gasteiger partial charge in [0.05, 0.1) is 22.6 Å². The minimum absolute atomic E-state index is 0.00740. The summed E-state index contributed by atoms with van der Waals surface area (Å²) in [7, 11) is -1.28. The molecule has 104 valence electrons. The number of rotatable bonds is 3. The highest BCUT2D eigenvalue weighted by molar-refractivity contribution is 7.91. The number of para-hydroxylation sites is 1. The highest BCUT2D eigenvalue weighted by Gasteiger charge is 2.39. The zero-order valence-corrected chi connectivity index (χ0v) is 11.9. The van der Waals surface area contributed by atoms with Crippen LogP contribution in [0.15, 0.2) is 24.3 Å². The van der Waals surface area contributed by atoms with Crippen LogP contribution in [-0.4, -0.2) is 38.4 Å². The maximum absolute atomic E-state index is 12.3. The molecule has 0 aromatic heterocycles. The first-order valence-electron chi connectivity index (χ1n) is 6.15. The Kier molecular flexibility index (Phi) is 3.54. The van der Waals surface area contributed by atoms with E-state index in [1.54, 1.807) is 26.1 Å². The standard InChI is InChI=1S/C13H18N2O3S/c1-13(7-8-19(17,18)9-13)15-12(16)10-5-3-4-6-11(10)14-2/h3-6,14H,7-9H2,1-2H3,(H,15,16). The van der Waals surface area contributed by atoms with Gasteiger partial charge < -0.3 is 10.6 Å². The first kappa shape index (κ1) is 13.9. The Balaban J connectivity index is 2.18. The zero-order chi connectivity index (χ0) is 14.1. The second-order valence-corrected chi connectivity index (χ2v) is 7.34. The molecule has 1 aromatic rings. The van der Waals surface area contributed by atoms with Crippen LogP contribution in [0.5, 0.6) is 0 Å². The van der Waals surface area contributed by atoms with Crippen molar-refractivity contribution in [1.29, 1.82) is 0 Å². The van der Waals surface area contributed by atoms with E-state index in [0.717, 1.165) is 5.69 Å². The van der Waals surface area contributed by atoms with Crippen LogP contribution in [0.25, 0.3) is 0 Å². The van der Waals surface area contributed by atoms with Crippen molar-refractivity contribution in [2.45, 2.75) is 18.9 Å². The second-order valence-electron chi connectivity index (χ2n) is 5.15. The number of anilines is 1. The van der Waals surface area contributed by atoms with E-state index in [0.29, 0.717) is 12.0 Å². The summed E-state index contributed by atoms with van der Waals surface area (Å²) in [5.74, 6) is -0.102. The van der Waals surface area contributed by atoms with Gasteiger partial charge in [-0.15, -0.1) is 0 Å². The summed E-state index contributed by atoms with van der Waals surface area (Å²) >= 11 is 0. The average Bonchev–Trinajstić information content (AvgIpc) is 2.63. The van der Waals surface area contributed by atoms with E-state index in [2.05, 4.69) is 10.6 Å². The first-order valence-corrected chi connectivity index (χ1v) is 7.97. The van der Waals surface area contributed by atoms with E-state index >= 15 is 0 Å². The summed E-state index contributed by atoms with van der Waals surface area (Å²) in [6.45, 7) is 1.78. The molecule has 0 radical (unpaired) electrons. The predicted octanol–water partition coefficient (Wildman–Crippen LogP) is 1.04. The van der Waals surface area contributed by atoms with Crippen molar-refractivity contribution < 1.29 is 13.2 Å². The van der Waals surface area contributed by atoms with Crippen molar-refractivity contribution in [3.8, 4) is 0 Å². The van der Waals surface area contributed by atoms with Gasteiger partial charge in [-0.25, -0.2) is 8.42 Å². The molecule has 1 saturated heterocycles. The van der Waals surface area contributed by atoms with E-state index < -0.39 is 15.4 Å². The van der Waals surface area contributed by atoms with Crippen molar-refractivity contribution in [1.82, 2.24) is 5.32 Å². The molecule has 1 unspecified atom stereocenters. The van der Waals surface area contributed by atoms with Crippen molar-refractivity contribution in [2.24, 2.45) is 0 Å². The number of nitrogens with one attached hydrogen (secondary N) is 2. The molecule has 1 aliphatic heterocycles. The third kappa shape index (κ3) is 3.07. The van der Waals surface area contributed by atoms with Crippen molar-refractivity contribution >= 4 is 21.4 Å². The zero-order valence-electron chi connectivity index (χ0n) is 11.1. The largest absolute Gasteiger partial charge is 0.387 e. The fourth-order valence-corrected chi connectivity index (χ4v) is 4.44. The third-order valence-corrected chi connectivity index (χ3v) is 5.26. The van der Waals surface area contributed by atoms with Crippen LogP contribution < -0.4 is 10.6 Å². The van der Waals surface area contributed by atoms with Gasteiger partial charge >= 0.3 is 0 Å². The Labute approximate surface area is 113 Å². The minimum Gasteiger partial charge on any atom is -0.387 e. The van der Waals surface area contributed by atoms with E-state index in [9.17, 15) is 13.2 Å². The van der Waals surface area contributed by atoms with Gasteiger partial charge in [-0.3, -0.25) is 4.79 Å². The number of hydrogen-bond acceptors (Lipinski definition) is 4. The lowest BCUT2D eigenvalue weighted by Crippen LogP contribution is -2.47. The summed E-state index contributed by atoms with van der Waals surface area (Å²) in [4.78, 5) is 12.3. The molecule has 1 heterocycles. The maximum atomic E-state index is 12.3. The molecule has 1 atom stereocenters. The molecule has 19 heavy (non-hydrogen) atoms. The average molecular weight is 282 g/mol. The van der Waals surface area contributed by atoms with Gasteiger partial charge in [-0.2, -0.15) is 0 Å². The number of carbonyl (C=O) groups excluding carboxylic acids is 1. The monoisotopic (exact) mass is 282 g/mol. The van der Waals surface area contributed by atoms with E-state index in [-0.39, 0.29) is 17.4 Å². The molecule has 0 bridgehead atoms. The Hall–Kier alpha value is -1.56. The number of carbonyl (C=O) groups is 1. The van der Waals surface area contributed by atoms with Crippen LogP contribution in [0.4, 0.5) is 5.69 Å². The smallest absolute Gasteiger partial charge is 0.253 e. The van der Waals surface area contributed by atoms with Crippen LogP contribution in [0.3, 0.4) is 0 Å². The number of benzene rings is 1. The molecule has 2 N–H and O–H groups in total. The van der Waals surface area contributed by atoms with Crippen molar-refractivity contribution in [3.63, 3.8) is 0 Å². The van der Waals surface area contributed by atoms with Crippen LogP contribution in [0.1, 0.15) is 23.7 Å². The van der Waals surface area contributed by atoms with Crippen molar-refractivity contribution in [2.75, 3.05) is 23.9 Å². The molecular formula is C13H18N2O3S. The molecule has 6 heteroatoms. The number of sulfone groups is 1. The fourth-order valence-electron chi connectivity index (χ4n) is 2.35. The van der Waals surface area contributed by atoms with E-state index in [1.165, 1.54) is 0 Å². The van der Waals surface area contributed by atoms with Gasteiger partial charge in [-0.05, 0) is 25.5 Å². The summed E-state index contributed by atoms with van der Waals surface area (Å²) < 4.78 is 23.0. The quantitative estimate of drug-likeness (QED) is 0.868. The SMILES string of the molecule is CNc1ccccc1C(=O)NC1(C)CCS(=O)(=O)C1. The van der Waals surface area contributed by atoms with E-state index in [1.807, 2.05) is 12.1 Å². The van der Waals surface area contributed by atoms with Gasteiger partial charge in [0.1, 0.15) is 0 Å². The predicted molar refractivity (Wildman–Crippen MR) is 75.1 cm³/mol. The normalized spacial score (nSPS) is 24.9. The Morgan fingerprint density at radius 1 is 1.32 bits per heavy atom. The minimum atomic E-state index is -3.03. The summed E-state index contributed by atoms with van der Waals surface area (Å²) in [6.07, 6.45) is 0.461. The lowest BCUT2D eigenvalue weighted by atomic mass is 10.0. The fraction of sp³-hybridized carbons (Fsp3) is 0.462. The molecule has 0 saturated carbocycles. The van der Waals surface area contributed by atoms with Crippen molar-refractivity contribution in [3.05, 3.63) is 29.8 Å². The summed E-state index contributed by atoms with van der Waals surface area (Å²) in [5, 5.41) is 5.79. The molecule has 1 aromatic carbocycles. The highest BCUT2D eigenvalue weighted by atomic mass is 32.2. The Bertz CT molecular complexity index is 598. The molecule has 0 spiro atoms. The van der Waals surface area contributed by atoms with Crippen LogP contribution in [0, 0.1) is 0 Å². The molecule has 1 aliphatic rings. The number of hydrogen-bond donors (Lipinski definition) is 2. The van der Waals surface area contributed by atoms with Gasteiger partial charge in [0.25, 0.3) is 5.91 Å². The molecule has 1 fully saturated rings. The Morgan fingerprint density at radius 3 is 2.58 bits per heavy atom. The lowest BCUT2D eigenvalue weighted by Gasteiger charge is -2.24. The lowest BCUT2D eigenvalue weighted by molar-refractivity contribution is 0.0916. The highest BCUT2D eigenvalue weighted by Crippen LogP contribution is 2.24. The summed E-state index contributed by atoms with van der Waals surface area (Å²) in [5.41, 5.74) is 0.580. The maximum Gasteiger partial charge on any atom is 0.253 e. The van der Waals surface area contributed by atoms with Gasteiger partial charge in [0.15, 0.2) is 9.84 Å². The summed E-state index contributed by atoms with van der Waals surface area (Å²) in [6, 6.07) is 7.14. The van der Waals surface area contributed by atoms with Gasteiger partial charge in [0, 0.05) is 12.7 Å².